The van der Waals surface area contributed by atoms with Crippen LogP contribution in [0.3, 0.4) is 0 Å². The number of hydrogen-bond donors (Lipinski definition) is 0. The second-order valence-electron chi connectivity index (χ2n) is 3.31. The van der Waals surface area contributed by atoms with Crippen molar-refractivity contribution in [1.29, 1.82) is 0 Å². The third-order valence-corrected chi connectivity index (χ3v) is 2.33. The molecule has 0 aliphatic heterocycles. The summed E-state index contributed by atoms with van der Waals surface area (Å²) in [5.74, 6) is 0.646. The summed E-state index contributed by atoms with van der Waals surface area (Å²) in [5, 5.41) is 0. The van der Waals surface area contributed by atoms with Gasteiger partial charge in [0.15, 0.2) is 0 Å². The Morgan fingerprint density at radius 2 is 2.00 bits per heavy atom. The van der Waals surface area contributed by atoms with E-state index in [2.05, 4.69) is 14.5 Å². The van der Waals surface area contributed by atoms with Crippen LogP contribution in [0.25, 0.3) is 0 Å². The molecule has 0 spiro atoms. The maximum atomic E-state index is 5.14. The Balaban J connectivity index is 2.29. The number of rotatable bonds is 3. The summed E-state index contributed by atoms with van der Waals surface area (Å²) in [6.45, 7) is 2.72. The Morgan fingerprint density at radius 3 is 2.67 bits per heavy atom. The topological polar surface area (TPSA) is 39.9 Å². The average molecular weight is 203 g/mol. The van der Waals surface area contributed by atoms with Crippen molar-refractivity contribution in [2.24, 2.45) is 0 Å². The van der Waals surface area contributed by atoms with Crippen LogP contribution < -0.4 is 4.74 Å². The first-order valence-corrected chi connectivity index (χ1v) is 4.76. The van der Waals surface area contributed by atoms with Crippen LogP contribution in [-0.4, -0.2) is 21.6 Å². The molecule has 0 radical (unpaired) electrons. The molecule has 4 heteroatoms. The van der Waals surface area contributed by atoms with E-state index in [1.807, 2.05) is 31.5 Å². The van der Waals surface area contributed by atoms with E-state index in [1.165, 1.54) is 6.33 Å². The number of hydrogen-bond acceptors (Lipinski definition) is 3. The van der Waals surface area contributed by atoms with E-state index in [0.29, 0.717) is 5.88 Å². The molecule has 0 atom stereocenters. The fourth-order valence-corrected chi connectivity index (χ4v) is 1.48. The normalized spacial score (nSPS) is 10.3. The van der Waals surface area contributed by atoms with Gasteiger partial charge in [-0.05, 0) is 19.1 Å². The first-order chi connectivity index (χ1) is 7.31. The van der Waals surface area contributed by atoms with E-state index in [0.717, 1.165) is 17.8 Å². The summed E-state index contributed by atoms with van der Waals surface area (Å²) >= 11 is 0. The lowest BCUT2D eigenvalue weighted by atomic mass is 10.2. The van der Waals surface area contributed by atoms with E-state index >= 15 is 0 Å². The predicted molar refractivity (Wildman–Crippen MR) is 56.9 cm³/mol. The van der Waals surface area contributed by atoms with Gasteiger partial charge in [-0.2, -0.15) is 0 Å². The predicted octanol–water partition coefficient (Wildman–Crippen LogP) is 1.64. The van der Waals surface area contributed by atoms with Crippen LogP contribution in [0.2, 0.25) is 0 Å². The minimum absolute atomic E-state index is 0.646. The van der Waals surface area contributed by atoms with Crippen LogP contribution in [0.15, 0.2) is 30.9 Å². The minimum atomic E-state index is 0.646. The highest BCUT2D eigenvalue weighted by Gasteiger charge is 2.06. The van der Waals surface area contributed by atoms with Crippen LogP contribution in [0, 0.1) is 6.92 Å². The number of nitrogens with zero attached hydrogens (tertiary/aromatic N) is 3. The van der Waals surface area contributed by atoms with Crippen molar-refractivity contribution in [3.63, 3.8) is 0 Å². The van der Waals surface area contributed by atoms with Gasteiger partial charge in [0.2, 0.25) is 5.88 Å². The Bertz CT molecular complexity index is 437. The van der Waals surface area contributed by atoms with Gasteiger partial charge in [-0.15, -0.1) is 0 Å². The molecule has 15 heavy (non-hydrogen) atoms. The standard InChI is InChI=1S/C11H13N3O/c1-9-10(7-14-5-3-4-6-14)12-8-13-11(9)15-2/h3-6,8H,7H2,1-2H3. The van der Waals surface area contributed by atoms with Gasteiger partial charge in [-0.25, -0.2) is 9.97 Å². The largest absolute Gasteiger partial charge is 0.481 e. The summed E-state index contributed by atoms with van der Waals surface area (Å²) < 4.78 is 7.21. The fraction of sp³-hybridized carbons (Fsp3) is 0.273. The van der Waals surface area contributed by atoms with E-state index in [-0.39, 0.29) is 0 Å². The van der Waals surface area contributed by atoms with Crippen molar-refractivity contribution in [1.82, 2.24) is 14.5 Å². The van der Waals surface area contributed by atoms with Crippen molar-refractivity contribution in [3.05, 3.63) is 42.1 Å². The van der Waals surface area contributed by atoms with Crippen molar-refractivity contribution < 1.29 is 4.74 Å². The molecular formula is C11H13N3O. The molecule has 0 aromatic carbocycles. The first-order valence-electron chi connectivity index (χ1n) is 4.76. The molecule has 0 saturated carbocycles. The van der Waals surface area contributed by atoms with Gasteiger partial charge in [-0.3, -0.25) is 0 Å². The smallest absolute Gasteiger partial charge is 0.219 e. The molecule has 2 heterocycles. The molecule has 0 fully saturated rings. The zero-order valence-corrected chi connectivity index (χ0v) is 8.84. The quantitative estimate of drug-likeness (QED) is 0.761. The van der Waals surface area contributed by atoms with E-state index in [4.69, 9.17) is 4.74 Å². The lowest BCUT2D eigenvalue weighted by Crippen LogP contribution is -2.04. The van der Waals surface area contributed by atoms with Crippen molar-refractivity contribution in [2.45, 2.75) is 13.5 Å². The second-order valence-corrected chi connectivity index (χ2v) is 3.31. The van der Waals surface area contributed by atoms with Crippen molar-refractivity contribution >= 4 is 0 Å². The Labute approximate surface area is 88.6 Å². The highest BCUT2D eigenvalue weighted by molar-refractivity contribution is 5.28. The molecule has 4 nitrogen and oxygen atoms in total. The van der Waals surface area contributed by atoms with Crippen LogP contribution in [-0.2, 0) is 6.54 Å². The average Bonchev–Trinajstić information content (AvgIpc) is 2.74. The number of aromatic nitrogens is 3. The molecule has 0 aliphatic carbocycles. The van der Waals surface area contributed by atoms with Gasteiger partial charge in [0, 0.05) is 18.0 Å². The van der Waals surface area contributed by atoms with E-state index < -0.39 is 0 Å². The summed E-state index contributed by atoms with van der Waals surface area (Å²) in [4.78, 5) is 8.29. The molecule has 2 rings (SSSR count). The van der Waals surface area contributed by atoms with Gasteiger partial charge in [0.1, 0.15) is 6.33 Å². The van der Waals surface area contributed by atoms with Gasteiger partial charge < -0.3 is 9.30 Å². The molecule has 0 saturated heterocycles. The Kier molecular flexibility index (Phi) is 2.67. The zero-order chi connectivity index (χ0) is 10.7. The van der Waals surface area contributed by atoms with Crippen LogP contribution in [0.1, 0.15) is 11.3 Å². The number of ether oxygens (including phenoxy) is 1. The summed E-state index contributed by atoms with van der Waals surface area (Å²) in [7, 11) is 1.62. The molecule has 78 valence electrons. The molecule has 2 aromatic heterocycles. The first kappa shape index (κ1) is 9.71. The molecular weight excluding hydrogens is 190 g/mol. The fourth-order valence-electron chi connectivity index (χ4n) is 1.48. The summed E-state index contributed by atoms with van der Waals surface area (Å²) in [6, 6.07) is 3.99. The molecule has 0 bridgehead atoms. The highest BCUT2D eigenvalue weighted by Crippen LogP contribution is 2.16. The molecule has 0 amide bonds. The SMILES string of the molecule is COc1ncnc(Cn2cccc2)c1C. The molecule has 0 N–H and O–H groups in total. The maximum Gasteiger partial charge on any atom is 0.219 e. The van der Waals surface area contributed by atoms with Crippen LogP contribution in [0.4, 0.5) is 0 Å². The lowest BCUT2D eigenvalue weighted by molar-refractivity contribution is 0.392. The second kappa shape index (κ2) is 4.13. The monoisotopic (exact) mass is 203 g/mol. The van der Waals surface area contributed by atoms with E-state index in [1.54, 1.807) is 7.11 Å². The molecule has 2 aromatic rings. The van der Waals surface area contributed by atoms with Gasteiger partial charge in [0.25, 0.3) is 0 Å². The van der Waals surface area contributed by atoms with Crippen molar-refractivity contribution in [2.75, 3.05) is 7.11 Å². The minimum Gasteiger partial charge on any atom is -0.481 e. The van der Waals surface area contributed by atoms with Crippen molar-refractivity contribution in [3.8, 4) is 5.88 Å². The third-order valence-electron chi connectivity index (χ3n) is 2.33. The Hall–Kier alpha value is -1.84. The highest BCUT2D eigenvalue weighted by atomic mass is 16.5. The number of methoxy groups -OCH3 is 1. The summed E-state index contributed by atoms with van der Waals surface area (Å²) in [6.07, 6.45) is 5.55. The maximum absolute atomic E-state index is 5.14. The summed E-state index contributed by atoms with van der Waals surface area (Å²) in [5.41, 5.74) is 1.98. The van der Waals surface area contributed by atoms with Gasteiger partial charge in [-0.1, -0.05) is 0 Å². The van der Waals surface area contributed by atoms with Crippen LogP contribution in [0.5, 0.6) is 5.88 Å². The zero-order valence-electron chi connectivity index (χ0n) is 8.84. The molecule has 0 unspecified atom stereocenters. The van der Waals surface area contributed by atoms with Gasteiger partial charge in [0.05, 0.1) is 19.3 Å². The van der Waals surface area contributed by atoms with Crippen LogP contribution >= 0.6 is 0 Å². The van der Waals surface area contributed by atoms with Gasteiger partial charge >= 0.3 is 0 Å². The third kappa shape index (κ3) is 1.98. The lowest BCUT2D eigenvalue weighted by Gasteiger charge is -2.08. The Morgan fingerprint density at radius 1 is 1.27 bits per heavy atom. The molecule has 0 aliphatic rings. The van der Waals surface area contributed by atoms with E-state index in [9.17, 15) is 0 Å².